The van der Waals surface area contributed by atoms with Gasteiger partial charge in [0, 0.05) is 28.6 Å². The van der Waals surface area contributed by atoms with E-state index in [0.717, 1.165) is 15.3 Å². The van der Waals surface area contributed by atoms with Crippen molar-refractivity contribution in [1.82, 2.24) is 10.3 Å². The smallest absolute Gasteiger partial charge is 0.340 e. The van der Waals surface area contributed by atoms with E-state index in [0.29, 0.717) is 35.7 Å². The fourth-order valence-corrected chi connectivity index (χ4v) is 4.87. The van der Waals surface area contributed by atoms with E-state index in [-0.39, 0.29) is 5.91 Å². The number of aromatic amines is 1. The molecule has 0 bridgehead atoms. The number of carbonyl (C=O) groups is 2. The lowest BCUT2D eigenvalue weighted by atomic mass is 10.1. The van der Waals surface area contributed by atoms with E-state index in [1.54, 1.807) is 43.9 Å². The SMILES string of the molecule is CCOC(=O)c1c(C)[nH]c(C(=O)NCCSCc2ccc(Br)s2)c1C. The van der Waals surface area contributed by atoms with Gasteiger partial charge in [0.25, 0.3) is 5.91 Å². The number of aryl methyl sites for hydroxylation is 1. The maximum absolute atomic E-state index is 12.3. The zero-order valence-corrected chi connectivity index (χ0v) is 17.6. The van der Waals surface area contributed by atoms with Crippen LogP contribution in [-0.2, 0) is 10.5 Å². The number of H-pyrrole nitrogens is 1. The minimum Gasteiger partial charge on any atom is -0.462 e. The van der Waals surface area contributed by atoms with Gasteiger partial charge in [-0.05, 0) is 54.4 Å². The van der Waals surface area contributed by atoms with Crippen LogP contribution >= 0.6 is 39.0 Å². The van der Waals surface area contributed by atoms with Crippen LogP contribution in [0.2, 0.25) is 0 Å². The molecule has 136 valence electrons. The second-order valence-electron chi connectivity index (χ2n) is 5.36. The lowest BCUT2D eigenvalue weighted by Gasteiger charge is -2.05. The van der Waals surface area contributed by atoms with E-state index in [1.165, 1.54) is 4.88 Å². The second kappa shape index (κ2) is 9.45. The number of thiophene rings is 1. The summed E-state index contributed by atoms with van der Waals surface area (Å²) in [5.41, 5.74) is 2.15. The molecule has 0 saturated carbocycles. The number of halogens is 1. The van der Waals surface area contributed by atoms with E-state index in [2.05, 4.69) is 32.3 Å². The Morgan fingerprint density at radius 1 is 1.36 bits per heavy atom. The van der Waals surface area contributed by atoms with Crippen molar-refractivity contribution < 1.29 is 14.3 Å². The van der Waals surface area contributed by atoms with Crippen molar-refractivity contribution in [3.05, 3.63) is 43.3 Å². The lowest BCUT2D eigenvalue weighted by Crippen LogP contribution is -2.26. The quantitative estimate of drug-likeness (QED) is 0.470. The first-order chi connectivity index (χ1) is 11.9. The van der Waals surface area contributed by atoms with Crippen LogP contribution in [-0.4, -0.2) is 35.8 Å². The molecule has 25 heavy (non-hydrogen) atoms. The number of hydrogen-bond donors (Lipinski definition) is 2. The van der Waals surface area contributed by atoms with E-state index >= 15 is 0 Å². The van der Waals surface area contributed by atoms with Crippen LogP contribution in [0.25, 0.3) is 0 Å². The number of ether oxygens (including phenoxy) is 1. The molecule has 0 aliphatic heterocycles. The highest BCUT2D eigenvalue weighted by molar-refractivity contribution is 9.11. The first-order valence-electron chi connectivity index (χ1n) is 7.90. The average Bonchev–Trinajstić information content (AvgIpc) is 3.10. The summed E-state index contributed by atoms with van der Waals surface area (Å²) in [7, 11) is 0. The van der Waals surface area contributed by atoms with E-state index < -0.39 is 5.97 Å². The zero-order chi connectivity index (χ0) is 18.4. The van der Waals surface area contributed by atoms with Crippen LogP contribution in [0.5, 0.6) is 0 Å². The molecule has 1 amide bonds. The van der Waals surface area contributed by atoms with Gasteiger partial charge in [0.1, 0.15) is 5.69 Å². The highest BCUT2D eigenvalue weighted by atomic mass is 79.9. The van der Waals surface area contributed by atoms with Crippen molar-refractivity contribution in [2.24, 2.45) is 0 Å². The second-order valence-corrected chi connectivity index (χ2v) is 9.01. The fourth-order valence-electron chi connectivity index (χ4n) is 2.41. The molecule has 5 nitrogen and oxygen atoms in total. The highest BCUT2D eigenvalue weighted by Gasteiger charge is 2.22. The van der Waals surface area contributed by atoms with E-state index in [4.69, 9.17) is 4.74 Å². The van der Waals surface area contributed by atoms with E-state index in [1.807, 2.05) is 6.07 Å². The van der Waals surface area contributed by atoms with Gasteiger partial charge in [-0.1, -0.05) is 0 Å². The Hall–Kier alpha value is -1.25. The molecular weight excluding hydrogens is 424 g/mol. The number of aromatic nitrogens is 1. The Labute approximate surface area is 164 Å². The third-order valence-corrected chi connectivity index (χ3v) is 6.36. The maximum Gasteiger partial charge on any atom is 0.340 e. The van der Waals surface area contributed by atoms with Crippen molar-refractivity contribution in [3.63, 3.8) is 0 Å². The van der Waals surface area contributed by atoms with Crippen LogP contribution in [0.4, 0.5) is 0 Å². The Morgan fingerprint density at radius 2 is 2.12 bits per heavy atom. The van der Waals surface area contributed by atoms with Crippen LogP contribution in [0.3, 0.4) is 0 Å². The molecule has 2 heterocycles. The van der Waals surface area contributed by atoms with Gasteiger partial charge in [0.15, 0.2) is 0 Å². The number of hydrogen-bond acceptors (Lipinski definition) is 5. The number of esters is 1. The molecule has 0 saturated heterocycles. The van der Waals surface area contributed by atoms with Crippen molar-refractivity contribution >= 4 is 50.9 Å². The van der Waals surface area contributed by atoms with Gasteiger partial charge in [0.2, 0.25) is 0 Å². The predicted molar refractivity (Wildman–Crippen MR) is 107 cm³/mol. The minimum atomic E-state index is -0.398. The number of thioether (sulfide) groups is 1. The maximum atomic E-state index is 12.3. The van der Waals surface area contributed by atoms with Gasteiger partial charge in [-0.15, -0.1) is 11.3 Å². The Morgan fingerprint density at radius 3 is 2.76 bits per heavy atom. The van der Waals surface area contributed by atoms with Gasteiger partial charge in [-0.2, -0.15) is 11.8 Å². The van der Waals surface area contributed by atoms with Crippen LogP contribution in [0, 0.1) is 13.8 Å². The average molecular weight is 445 g/mol. The molecule has 2 aromatic rings. The van der Waals surface area contributed by atoms with Gasteiger partial charge in [-0.3, -0.25) is 4.79 Å². The number of amides is 1. The fraction of sp³-hybridized carbons (Fsp3) is 0.412. The van der Waals surface area contributed by atoms with Crippen LogP contribution < -0.4 is 5.32 Å². The van der Waals surface area contributed by atoms with Gasteiger partial charge < -0.3 is 15.0 Å². The summed E-state index contributed by atoms with van der Waals surface area (Å²) in [6.45, 7) is 6.17. The van der Waals surface area contributed by atoms with Gasteiger partial charge >= 0.3 is 5.97 Å². The molecule has 0 unspecified atom stereocenters. The molecule has 0 fully saturated rings. The molecule has 2 rings (SSSR count). The summed E-state index contributed by atoms with van der Waals surface area (Å²) in [4.78, 5) is 28.6. The summed E-state index contributed by atoms with van der Waals surface area (Å²) in [6.07, 6.45) is 0. The van der Waals surface area contributed by atoms with Crippen LogP contribution in [0.1, 0.15) is 43.9 Å². The number of rotatable bonds is 8. The summed E-state index contributed by atoms with van der Waals surface area (Å²) >= 11 is 6.94. The Balaban J connectivity index is 1.84. The molecule has 0 atom stereocenters. The largest absolute Gasteiger partial charge is 0.462 e. The number of carbonyl (C=O) groups excluding carboxylic acids is 2. The molecular formula is C17H21BrN2O3S2. The third kappa shape index (κ3) is 5.36. The summed E-state index contributed by atoms with van der Waals surface area (Å²) in [5, 5.41) is 2.89. The first-order valence-corrected chi connectivity index (χ1v) is 10.7. The normalized spacial score (nSPS) is 10.7. The van der Waals surface area contributed by atoms with E-state index in [9.17, 15) is 9.59 Å². The van der Waals surface area contributed by atoms with Gasteiger partial charge in [0.05, 0.1) is 16.0 Å². The molecule has 0 aromatic carbocycles. The molecule has 2 aromatic heterocycles. The Kier molecular flexibility index (Phi) is 7.58. The molecule has 0 radical (unpaired) electrons. The first kappa shape index (κ1) is 20.1. The zero-order valence-electron chi connectivity index (χ0n) is 14.4. The topological polar surface area (TPSA) is 71.2 Å². The Bertz CT molecular complexity index is 755. The lowest BCUT2D eigenvalue weighted by molar-refractivity contribution is 0.0525. The van der Waals surface area contributed by atoms with Gasteiger partial charge in [-0.25, -0.2) is 4.79 Å². The van der Waals surface area contributed by atoms with Crippen molar-refractivity contribution in [2.75, 3.05) is 18.9 Å². The molecule has 2 N–H and O–H groups in total. The predicted octanol–water partition coefficient (Wildman–Crippen LogP) is 4.30. The summed E-state index contributed by atoms with van der Waals surface area (Å²) < 4.78 is 6.17. The minimum absolute atomic E-state index is 0.199. The van der Waals surface area contributed by atoms with Crippen molar-refractivity contribution in [2.45, 2.75) is 26.5 Å². The molecule has 0 spiro atoms. The molecule has 0 aliphatic carbocycles. The standard InChI is InChI=1S/C17H21BrN2O3S2/c1-4-23-17(22)14-10(2)15(20-11(14)3)16(21)19-7-8-24-9-12-5-6-13(18)25-12/h5-6,20H,4,7-9H2,1-3H3,(H,19,21). The van der Waals surface area contributed by atoms with Crippen molar-refractivity contribution in [1.29, 1.82) is 0 Å². The highest BCUT2D eigenvalue weighted by Crippen LogP contribution is 2.25. The van der Waals surface area contributed by atoms with Crippen LogP contribution in [0.15, 0.2) is 15.9 Å². The number of nitrogens with one attached hydrogen (secondary N) is 2. The molecule has 8 heteroatoms. The third-order valence-electron chi connectivity index (χ3n) is 3.55. The van der Waals surface area contributed by atoms with Crippen molar-refractivity contribution in [3.8, 4) is 0 Å². The molecule has 0 aliphatic rings. The summed E-state index contributed by atoms with van der Waals surface area (Å²) in [6, 6.07) is 4.14. The summed E-state index contributed by atoms with van der Waals surface area (Å²) in [5.74, 6) is 1.16. The monoisotopic (exact) mass is 444 g/mol.